The summed E-state index contributed by atoms with van der Waals surface area (Å²) in [7, 11) is 0. The number of para-hydroxylation sites is 1. The van der Waals surface area contributed by atoms with Gasteiger partial charge in [0.2, 0.25) is 5.91 Å². The zero-order valence-corrected chi connectivity index (χ0v) is 18.5. The van der Waals surface area contributed by atoms with Crippen LogP contribution in [0.25, 0.3) is 10.9 Å². The Morgan fingerprint density at radius 3 is 2.76 bits per heavy atom. The molecule has 1 amide bonds. The van der Waals surface area contributed by atoms with Crippen LogP contribution >= 0.6 is 0 Å². The number of rotatable bonds is 6. The van der Waals surface area contributed by atoms with Gasteiger partial charge >= 0.3 is 0 Å². The van der Waals surface area contributed by atoms with Crippen molar-refractivity contribution < 1.29 is 4.79 Å². The maximum Gasteiger partial charge on any atom is 0.261 e. The number of nitrogens with one attached hydrogen (secondary N) is 1. The highest BCUT2D eigenvalue weighted by Gasteiger charge is 2.27. The highest BCUT2D eigenvalue weighted by molar-refractivity contribution is 5.90. The lowest BCUT2D eigenvalue weighted by Crippen LogP contribution is -2.29. The molecule has 0 unspecified atom stereocenters. The molecule has 1 atom stereocenters. The van der Waals surface area contributed by atoms with Crippen molar-refractivity contribution in [2.45, 2.75) is 32.5 Å². The van der Waals surface area contributed by atoms with E-state index in [4.69, 9.17) is 0 Å². The molecule has 1 aliphatic rings. The van der Waals surface area contributed by atoms with Crippen molar-refractivity contribution in [3.8, 4) is 0 Å². The fourth-order valence-corrected chi connectivity index (χ4v) is 4.42. The van der Waals surface area contributed by atoms with E-state index in [0.29, 0.717) is 16.7 Å². The van der Waals surface area contributed by atoms with E-state index in [0.717, 1.165) is 31.6 Å². The van der Waals surface area contributed by atoms with Gasteiger partial charge in [-0.3, -0.25) is 19.1 Å². The van der Waals surface area contributed by atoms with E-state index >= 15 is 0 Å². The lowest BCUT2D eigenvalue weighted by atomic mass is 10.2. The molecule has 0 bridgehead atoms. The minimum absolute atomic E-state index is 0.105. The lowest BCUT2D eigenvalue weighted by molar-refractivity contribution is -0.116. The maximum atomic E-state index is 12.8. The summed E-state index contributed by atoms with van der Waals surface area (Å²) in [5.74, 6) is 0.409. The molecule has 1 aliphatic heterocycles. The predicted octanol–water partition coefficient (Wildman–Crippen LogP) is 2.99. The molecular weight excluding hydrogens is 416 g/mol. The smallest absolute Gasteiger partial charge is 0.261 e. The second-order valence-electron chi connectivity index (χ2n) is 8.53. The lowest BCUT2D eigenvalue weighted by Gasteiger charge is -2.18. The topological polar surface area (TPSA) is 85.1 Å². The number of carbonyl (C=O) groups is 1. The van der Waals surface area contributed by atoms with Crippen LogP contribution in [0, 0.1) is 6.92 Å². The van der Waals surface area contributed by atoms with Crippen LogP contribution in [0.4, 0.5) is 5.82 Å². The standard InChI is InChI=1S/C25H26N6O2/c1-18-13-27-31(20-11-12-29(15-20)14-19-7-3-2-4-8-19)24(18)28-23(32)16-30-17-26-22-10-6-5-9-21(22)25(30)33/h2-10,13,17,20H,11-12,14-16H2,1H3,(H,28,32)/t20-/m0/s1. The van der Waals surface area contributed by atoms with E-state index in [-0.39, 0.29) is 24.1 Å². The molecule has 8 nitrogen and oxygen atoms in total. The van der Waals surface area contributed by atoms with E-state index in [1.165, 1.54) is 16.5 Å². The van der Waals surface area contributed by atoms with Crippen LogP contribution in [0.1, 0.15) is 23.6 Å². The van der Waals surface area contributed by atoms with Crippen molar-refractivity contribution in [2.24, 2.45) is 0 Å². The number of benzene rings is 2. The van der Waals surface area contributed by atoms with Crippen LogP contribution in [0.5, 0.6) is 0 Å². The molecule has 0 spiro atoms. The number of anilines is 1. The fourth-order valence-electron chi connectivity index (χ4n) is 4.42. The molecular formula is C25H26N6O2. The summed E-state index contributed by atoms with van der Waals surface area (Å²) < 4.78 is 3.25. The van der Waals surface area contributed by atoms with Crippen molar-refractivity contribution in [3.63, 3.8) is 0 Å². The molecule has 2 aromatic carbocycles. The second kappa shape index (κ2) is 8.99. The van der Waals surface area contributed by atoms with Crippen molar-refractivity contribution in [1.82, 2.24) is 24.2 Å². The normalized spacial score (nSPS) is 16.3. The van der Waals surface area contributed by atoms with Gasteiger partial charge in [0.25, 0.3) is 5.56 Å². The Labute approximate surface area is 191 Å². The first kappa shape index (κ1) is 21.1. The Balaban J connectivity index is 1.28. The third kappa shape index (κ3) is 4.42. The summed E-state index contributed by atoms with van der Waals surface area (Å²) in [6, 6.07) is 17.7. The SMILES string of the molecule is Cc1cnn([C@H]2CCN(Cc3ccccc3)C2)c1NC(=O)Cn1cnc2ccccc2c1=O. The quantitative estimate of drug-likeness (QED) is 0.496. The predicted molar refractivity (Wildman–Crippen MR) is 127 cm³/mol. The largest absolute Gasteiger partial charge is 0.309 e. The number of nitrogens with zero attached hydrogens (tertiary/aromatic N) is 5. The van der Waals surface area contributed by atoms with E-state index in [1.54, 1.807) is 24.4 Å². The van der Waals surface area contributed by atoms with Gasteiger partial charge in [-0.2, -0.15) is 5.10 Å². The van der Waals surface area contributed by atoms with Crippen molar-refractivity contribution in [3.05, 3.63) is 88.6 Å². The van der Waals surface area contributed by atoms with Gasteiger partial charge in [0.15, 0.2) is 0 Å². The van der Waals surface area contributed by atoms with Crippen LogP contribution in [0.15, 0.2) is 71.9 Å². The highest BCUT2D eigenvalue weighted by Crippen LogP contribution is 2.27. The Kier molecular flexibility index (Phi) is 5.75. The first-order chi connectivity index (χ1) is 16.1. The van der Waals surface area contributed by atoms with Gasteiger partial charge in [0.1, 0.15) is 12.4 Å². The Bertz CT molecular complexity index is 1340. The summed E-state index contributed by atoms with van der Waals surface area (Å²) in [5.41, 5.74) is 2.58. The number of likely N-dealkylation sites (tertiary alicyclic amines) is 1. The molecule has 0 radical (unpaired) electrons. The van der Waals surface area contributed by atoms with E-state index in [1.807, 2.05) is 23.7 Å². The third-order valence-corrected chi connectivity index (χ3v) is 6.12. The monoisotopic (exact) mass is 442 g/mol. The highest BCUT2D eigenvalue weighted by atomic mass is 16.2. The molecule has 0 aliphatic carbocycles. The molecule has 8 heteroatoms. The van der Waals surface area contributed by atoms with Crippen LogP contribution < -0.4 is 10.9 Å². The van der Waals surface area contributed by atoms with Gasteiger partial charge in [-0.05, 0) is 31.0 Å². The number of aromatic nitrogens is 4. The fraction of sp³-hybridized carbons (Fsp3) is 0.280. The molecule has 5 rings (SSSR count). The molecule has 168 valence electrons. The van der Waals surface area contributed by atoms with Crippen molar-refractivity contribution in [2.75, 3.05) is 18.4 Å². The molecule has 1 saturated heterocycles. The minimum atomic E-state index is -0.279. The van der Waals surface area contributed by atoms with Gasteiger partial charge in [0.05, 0.1) is 29.5 Å². The molecule has 3 heterocycles. The van der Waals surface area contributed by atoms with Crippen molar-refractivity contribution in [1.29, 1.82) is 0 Å². The average molecular weight is 443 g/mol. The third-order valence-electron chi connectivity index (χ3n) is 6.12. The number of fused-ring (bicyclic) bond motifs is 1. The van der Waals surface area contributed by atoms with E-state index in [9.17, 15) is 9.59 Å². The first-order valence-corrected chi connectivity index (χ1v) is 11.1. The van der Waals surface area contributed by atoms with Crippen LogP contribution in [-0.4, -0.2) is 43.2 Å². The van der Waals surface area contributed by atoms with E-state index < -0.39 is 0 Å². The summed E-state index contributed by atoms with van der Waals surface area (Å²) in [5, 5.41) is 8.03. The number of carbonyl (C=O) groups excluding carboxylic acids is 1. The van der Waals surface area contributed by atoms with Gasteiger partial charge in [-0.15, -0.1) is 0 Å². The van der Waals surface area contributed by atoms with Crippen LogP contribution in [-0.2, 0) is 17.9 Å². The zero-order valence-electron chi connectivity index (χ0n) is 18.5. The Hall–Kier alpha value is -3.78. The summed E-state index contributed by atoms with van der Waals surface area (Å²) in [6.45, 7) is 4.57. The Morgan fingerprint density at radius 2 is 1.91 bits per heavy atom. The zero-order chi connectivity index (χ0) is 22.8. The average Bonchev–Trinajstić information content (AvgIpc) is 3.43. The number of hydrogen-bond acceptors (Lipinski definition) is 5. The van der Waals surface area contributed by atoms with Gasteiger partial charge in [-0.1, -0.05) is 42.5 Å². The minimum Gasteiger partial charge on any atom is -0.309 e. The van der Waals surface area contributed by atoms with Gasteiger partial charge in [-0.25, -0.2) is 9.67 Å². The van der Waals surface area contributed by atoms with Gasteiger partial charge in [0, 0.05) is 25.2 Å². The molecule has 0 saturated carbocycles. The second-order valence-corrected chi connectivity index (χ2v) is 8.53. The molecule has 1 N–H and O–H groups in total. The number of hydrogen-bond donors (Lipinski definition) is 1. The van der Waals surface area contributed by atoms with Crippen molar-refractivity contribution >= 4 is 22.6 Å². The molecule has 2 aromatic heterocycles. The van der Waals surface area contributed by atoms with Crippen LogP contribution in [0.2, 0.25) is 0 Å². The first-order valence-electron chi connectivity index (χ1n) is 11.1. The Morgan fingerprint density at radius 1 is 1.12 bits per heavy atom. The van der Waals surface area contributed by atoms with Gasteiger partial charge < -0.3 is 5.32 Å². The summed E-state index contributed by atoms with van der Waals surface area (Å²) in [4.78, 5) is 32.3. The number of aryl methyl sites for hydroxylation is 1. The maximum absolute atomic E-state index is 12.8. The molecule has 1 fully saturated rings. The van der Waals surface area contributed by atoms with Crippen LogP contribution in [0.3, 0.4) is 0 Å². The van der Waals surface area contributed by atoms with E-state index in [2.05, 4.69) is 44.6 Å². The summed E-state index contributed by atoms with van der Waals surface area (Å²) >= 11 is 0. The molecule has 33 heavy (non-hydrogen) atoms. The number of amides is 1. The summed E-state index contributed by atoms with van der Waals surface area (Å²) in [6.07, 6.45) is 4.16. The molecule has 4 aromatic rings.